The Morgan fingerprint density at radius 3 is 2.65 bits per heavy atom. The Morgan fingerprint density at radius 2 is 2.10 bits per heavy atom. The largest absolute Gasteiger partial charge is 0.389 e. The van der Waals surface area contributed by atoms with Crippen LogP contribution >= 0.6 is 12.2 Å². The molecule has 0 fully saturated rings. The number of aromatic nitrogens is 2. The molecule has 0 aliphatic carbocycles. The van der Waals surface area contributed by atoms with Crippen molar-refractivity contribution in [2.45, 2.75) is 33.7 Å². The number of nitrogens with two attached hydrogens (primary N) is 1. The molecule has 0 bridgehead atoms. The zero-order valence-electron chi connectivity index (χ0n) is 11.9. The fraction of sp³-hybridized carbons (Fsp3) is 0.333. The molecule has 106 valence electrons. The van der Waals surface area contributed by atoms with Crippen molar-refractivity contribution in [1.29, 1.82) is 0 Å². The predicted molar refractivity (Wildman–Crippen MR) is 82.5 cm³/mol. The van der Waals surface area contributed by atoms with Crippen molar-refractivity contribution in [2.75, 3.05) is 0 Å². The monoisotopic (exact) mass is 291 g/mol. The van der Waals surface area contributed by atoms with E-state index >= 15 is 0 Å². The lowest BCUT2D eigenvalue weighted by molar-refractivity contribution is 0.578. The number of nitrogens with zero attached hydrogens (tertiary/aromatic N) is 2. The van der Waals surface area contributed by atoms with Gasteiger partial charge in [-0.15, -0.1) is 0 Å². The summed E-state index contributed by atoms with van der Waals surface area (Å²) in [6, 6.07) is 4.69. The highest BCUT2D eigenvalue weighted by atomic mass is 32.1. The van der Waals surface area contributed by atoms with Gasteiger partial charge in [0, 0.05) is 16.8 Å². The first-order valence-corrected chi connectivity index (χ1v) is 6.96. The summed E-state index contributed by atoms with van der Waals surface area (Å²) in [5, 5.41) is 4.48. The van der Waals surface area contributed by atoms with Crippen LogP contribution in [0.25, 0.3) is 0 Å². The van der Waals surface area contributed by atoms with Gasteiger partial charge in [0.25, 0.3) is 0 Å². The van der Waals surface area contributed by atoms with Gasteiger partial charge < -0.3 is 5.73 Å². The molecule has 20 heavy (non-hydrogen) atoms. The molecule has 0 aliphatic heterocycles. The summed E-state index contributed by atoms with van der Waals surface area (Å²) in [6.45, 7) is 6.46. The van der Waals surface area contributed by atoms with Crippen molar-refractivity contribution >= 4 is 17.2 Å². The topological polar surface area (TPSA) is 43.8 Å². The molecule has 0 saturated heterocycles. The minimum absolute atomic E-state index is 0.268. The van der Waals surface area contributed by atoms with E-state index in [1.165, 1.54) is 11.6 Å². The molecule has 0 unspecified atom stereocenters. The first-order chi connectivity index (χ1) is 9.43. The van der Waals surface area contributed by atoms with Crippen LogP contribution in [0.4, 0.5) is 4.39 Å². The first kappa shape index (κ1) is 14.7. The van der Waals surface area contributed by atoms with Crippen molar-refractivity contribution in [2.24, 2.45) is 5.73 Å². The van der Waals surface area contributed by atoms with E-state index < -0.39 is 0 Å². The number of rotatable bonds is 4. The number of hydrogen-bond donors (Lipinski definition) is 1. The number of aryl methyl sites for hydroxylation is 1. The van der Waals surface area contributed by atoms with Crippen molar-refractivity contribution in [3.8, 4) is 0 Å². The SMILES string of the molecule is CCc1c(C)nn(Cc2cc(C(N)=S)ccc2F)c1C. The van der Waals surface area contributed by atoms with Gasteiger partial charge in [0.05, 0.1) is 12.2 Å². The van der Waals surface area contributed by atoms with Gasteiger partial charge in [-0.05, 0) is 44.0 Å². The van der Waals surface area contributed by atoms with Gasteiger partial charge in [-0.1, -0.05) is 19.1 Å². The van der Waals surface area contributed by atoms with Gasteiger partial charge in [0.15, 0.2) is 0 Å². The Kier molecular flexibility index (Phi) is 4.18. The quantitative estimate of drug-likeness (QED) is 0.881. The fourth-order valence-corrected chi connectivity index (χ4v) is 2.54. The molecule has 1 aromatic carbocycles. The van der Waals surface area contributed by atoms with E-state index in [9.17, 15) is 4.39 Å². The van der Waals surface area contributed by atoms with Gasteiger partial charge in [-0.25, -0.2) is 4.39 Å². The summed E-state index contributed by atoms with van der Waals surface area (Å²) < 4.78 is 15.7. The molecule has 0 amide bonds. The van der Waals surface area contributed by atoms with Gasteiger partial charge in [0.2, 0.25) is 0 Å². The molecule has 0 radical (unpaired) electrons. The lowest BCUT2D eigenvalue weighted by Crippen LogP contribution is -2.12. The summed E-state index contributed by atoms with van der Waals surface area (Å²) in [7, 11) is 0. The van der Waals surface area contributed by atoms with Crippen molar-refractivity contribution in [1.82, 2.24) is 9.78 Å². The molecule has 2 aromatic rings. The van der Waals surface area contributed by atoms with Gasteiger partial charge in [0.1, 0.15) is 10.8 Å². The highest BCUT2D eigenvalue weighted by Crippen LogP contribution is 2.17. The van der Waals surface area contributed by atoms with Crippen LogP contribution in [0.1, 0.15) is 35.0 Å². The second kappa shape index (κ2) is 5.71. The van der Waals surface area contributed by atoms with E-state index in [2.05, 4.69) is 12.0 Å². The minimum Gasteiger partial charge on any atom is -0.389 e. The summed E-state index contributed by atoms with van der Waals surface area (Å²) in [4.78, 5) is 0.272. The molecule has 0 saturated carbocycles. The molecule has 3 nitrogen and oxygen atoms in total. The van der Waals surface area contributed by atoms with Crippen LogP contribution in [-0.4, -0.2) is 14.8 Å². The lowest BCUT2D eigenvalue weighted by Gasteiger charge is -2.08. The summed E-state index contributed by atoms with van der Waals surface area (Å²) in [6.07, 6.45) is 0.924. The third-order valence-corrected chi connectivity index (χ3v) is 3.77. The molecule has 1 aromatic heterocycles. The molecular weight excluding hydrogens is 273 g/mol. The van der Waals surface area contributed by atoms with Crippen LogP contribution < -0.4 is 5.73 Å². The number of hydrogen-bond acceptors (Lipinski definition) is 2. The minimum atomic E-state index is -0.268. The fourth-order valence-electron chi connectivity index (χ4n) is 2.41. The van der Waals surface area contributed by atoms with Crippen molar-refractivity contribution in [3.05, 3.63) is 52.1 Å². The van der Waals surface area contributed by atoms with Gasteiger partial charge in [-0.3, -0.25) is 4.68 Å². The molecule has 0 aliphatic rings. The van der Waals surface area contributed by atoms with Gasteiger partial charge >= 0.3 is 0 Å². The van der Waals surface area contributed by atoms with E-state index in [-0.39, 0.29) is 10.8 Å². The molecule has 5 heteroatoms. The zero-order chi connectivity index (χ0) is 14.9. The smallest absolute Gasteiger partial charge is 0.128 e. The number of benzene rings is 1. The standard InChI is InChI=1S/C15H18FN3S/c1-4-13-9(2)18-19(10(13)3)8-12-7-11(15(17)20)5-6-14(12)16/h5-7H,4,8H2,1-3H3,(H2,17,20). The highest BCUT2D eigenvalue weighted by molar-refractivity contribution is 7.80. The van der Waals surface area contributed by atoms with E-state index in [1.54, 1.807) is 12.1 Å². The molecule has 0 spiro atoms. The summed E-state index contributed by atoms with van der Waals surface area (Å²) in [5.74, 6) is -0.268. The first-order valence-electron chi connectivity index (χ1n) is 6.55. The molecule has 2 rings (SSSR count). The van der Waals surface area contributed by atoms with E-state index in [0.717, 1.165) is 17.8 Å². The number of halogens is 1. The maximum absolute atomic E-state index is 13.9. The Bertz CT molecular complexity index is 661. The van der Waals surface area contributed by atoms with Gasteiger partial charge in [-0.2, -0.15) is 5.10 Å². The Hall–Kier alpha value is -1.75. The second-order valence-corrected chi connectivity index (χ2v) is 5.27. The maximum atomic E-state index is 13.9. The molecule has 2 N–H and O–H groups in total. The average Bonchev–Trinajstić information content (AvgIpc) is 2.66. The maximum Gasteiger partial charge on any atom is 0.128 e. The van der Waals surface area contributed by atoms with Crippen LogP contribution in [0.3, 0.4) is 0 Å². The Labute approximate surface area is 123 Å². The lowest BCUT2D eigenvalue weighted by atomic mass is 10.1. The Morgan fingerprint density at radius 1 is 1.40 bits per heavy atom. The normalized spacial score (nSPS) is 10.8. The predicted octanol–water partition coefficient (Wildman–Crippen LogP) is 2.88. The molecule has 1 heterocycles. The summed E-state index contributed by atoms with van der Waals surface area (Å²) >= 11 is 4.93. The van der Waals surface area contributed by atoms with Crippen molar-refractivity contribution < 1.29 is 4.39 Å². The van der Waals surface area contributed by atoms with E-state index in [4.69, 9.17) is 18.0 Å². The molecular formula is C15H18FN3S. The van der Waals surface area contributed by atoms with Crippen LogP contribution in [0.5, 0.6) is 0 Å². The van der Waals surface area contributed by atoms with E-state index in [1.807, 2.05) is 18.5 Å². The van der Waals surface area contributed by atoms with Crippen LogP contribution in [0, 0.1) is 19.7 Å². The third-order valence-electron chi connectivity index (χ3n) is 3.54. The highest BCUT2D eigenvalue weighted by Gasteiger charge is 2.12. The molecule has 0 atom stereocenters. The zero-order valence-corrected chi connectivity index (χ0v) is 12.7. The van der Waals surface area contributed by atoms with Crippen LogP contribution in [0.15, 0.2) is 18.2 Å². The average molecular weight is 291 g/mol. The third kappa shape index (κ3) is 2.72. The number of thiocarbonyl (C=S) groups is 1. The second-order valence-electron chi connectivity index (χ2n) is 4.83. The van der Waals surface area contributed by atoms with E-state index in [0.29, 0.717) is 17.7 Å². The Balaban J connectivity index is 2.39. The van der Waals surface area contributed by atoms with Crippen molar-refractivity contribution in [3.63, 3.8) is 0 Å². The summed E-state index contributed by atoms with van der Waals surface area (Å²) in [5.41, 5.74) is 10.1. The van der Waals surface area contributed by atoms with Crippen LogP contribution in [-0.2, 0) is 13.0 Å². The van der Waals surface area contributed by atoms with Crippen LogP contribution in [0.2, 0.25) is 0 Å².